The second-order valence-electron chi connectivity index (χ2n) is 11.0. The Labute approximate surface area is 252 Å². The van der Waals surface area contributed by atoms with E-state index in [9.17, 15) is 9.59 Å². The van der Waals surface area contributed by atoms with Gasteiger partial charge >= 0.3 is 11.9 Å². The van der Waals surface area contributed by atoms with Crippen molar-refractivity contribution in [2.24, 2.45) is 0 Å². The maximum atomic E-state index is 12.4. The van der Waals surface area contributed by atoms with Gasteiger partial charge in [-0.3, -0.25) is 9.59 Å². The lowest BCUT2D eigenvalue weighted by Gasteiger charge is -2.22. The van der Waals surface area contributed by atoms with E-state index in [0.29, 0.717) is 25.7 Å². The van der Waals surface area contributed by atoms with Gasteiger partial charge in [-0.15, -0.1) is 0 Å². The van der Waals surface area contributed by atoms with E-state index in [-0.39, 0.29) is 37.4 Å². The number of unbranched alkanes of at least 4 members (excludes halogenated alkanes) is 4. The van der Waals surface area contributed by atoms with Crippen LogP contribution in [0.1, 0.15) is 104 Å². The summed E-state index contributed by atoms with van der Waals surface area (Å²) < 4.78 is 24.5. The molecule has 0 saturated carbocycles. The molecule has 0 aliphatic heterocycles. The summed E-state index contributed by atoms with van der Waals surface area (Å²) in [5.74, 6) is 1.19. The van der Waals surface area contributed by atoms with Crippen LogP contribution in [0.4, 0.5) is 0 Å². The molecule has 0 bridgehead atoms. The molecule has 3 aromatic rings. The van der Waals surface area contributed by atoms with Crippen molar-refractivity contribution in [1.29, 1.82) is 0 Å². The summed E-state index contributed by atoms with van der Waals surface area (Å²) in [6, 6.07) is 14.4. The van der Waals surface area contributed by atoms with E-state index in [0.717, 1.165) is 78.0 Å². The van der Waals surface area contributed by atoms with Gasteiger partial charge in [0.05, 0.1) is 0 Å². The van der Waals surface area contributed by atoms with E-state index in [1.54, 1.807) is 0 Å². The van der Waals surface area contributed by atoms with E-state index in [4.69, 9.17) is 18.9 Å². The summed E-state index contributed by atoms with van der Waals surface area (Å²) in [6.45, 7) is 10.9. The lowest BCUT2D eigenvalue weighted by atomic mass is 9.98. The number of hydrogen-bond acceptors (Lipinski definition) is 6. The first-order valence-electron chi connectivity index (χ1n) is 16.1. The summed E-state index contributed by atoms with van der Waals surface area (Å²) in [5.41, 5.74) is 1.19. The third kappa shape index (κ3) is 9.37. The van der Waals surface area contributed by atoms with Gasteiger partial charge in [0.15, 0.2) is 0 Å². The molecule has 6 heteroatoms. The number of aryl methyl sites for hydroxylation is 1. The minimum Gasteiger partial charge on any atom is -0.488 e. The second-order valence-corrected chi connectivity index (χ2v) is 11.0. The molecule has 0 saturated heterocycles. The molecular formula is C36H50O6. The normalized spacial score (nSPS) is 12.7. The Kier molecular flexibility index (Phi) is 13.9. The predicted octanol–water partition coefficient (Wildman–Crippen LogP) is 9.12. The largest absolute Gasteiger partial charge is 0.488 e. The fraction of sp³-hybridized carbons (Fsp3) is 0.556. The highest BCUT2D eigenvalue weighted by molar-refractivity contribution is 6.11. The standard InChI is InChI=1S/C36H50O6/c1-6-11-13-19-33(37)41-27(9-4)24-39-35-29-17-15-16-18-30(29)36(32-23-26(8-3)21-22-31(32)35)40-25-28(10-5)42-34(38)20-14-12-7-2/h15-18,21-23,27-28H,6-14,19-20,24-25H2,1-5H3. The van der Waals surface area contributed by atoms with E-state index in [1.807, 2.05) is 38.1 Å². The molecule has 0 amide bonds. The number of rotatable bonds is 19. The van der Waals surface area contributed by atoms with Gasteiger partial charge in [0.1, 0.15) is 36.9 Å². The quantitative estimate of drug-likeness (QED) is 0.0802. The number of ether oxygens (including phenoxy) is 4. The molecule has 0 aliphatic carbocycles. The summed E-state index contributed by atoms with van der Waals surface area (Å²) in [5, 5.41) is 3.76. The highest BCUT2D eigenvalue weighted by Gasteiger charge is 2.21. The van der Waals surface area contributed by atoms with E-state index >= 15 is 0 Å². The molecule has 0 radical (unpaired) electrons. The Morgan fingerprint density at radius 1 is 0.619 bits per heavy atom. The first-order chi connectivity index (χ1) is 20.4. The predicted molar refractivity (Wildman–Crippen MR) is 170 cm³/mol. The topological polar surface area (TPSA) is 71.1 Å². The zero-order valence-corrected chi connectivity index (χ0v) is 26.3. The number of carbonyl (C=O) groups excluding carboxylic acids is 2. The van der Waals surface area contributed by atoms with E-state index in [2.05, 4.69) is 39.0 Å². The molecule has 3 aromatic carbocycles. The average Bonchev–Trinajstić information content (AvgIpc) is 3.01. The Morgan fingerprint density at radius 2 is 1.10 bits per heavy atom. The molecule has 42 heavy (non-hydrogen) atoms. The molecule has 0 N–H and O–H groups in total. The van der Waals surface area contributed by atoms with Gasteiger partial charge in [0.25, 0.3) is 0 Å². The van der Waals surface area contributed by atoms with Crippen LogP contribution in [0.25, 0.3) is 21.5 Å². The molecule has 3 rings (SSSR count). The van der Waals surface area contributed by atoms with E-state index < -0.39 is 0 Å². The first kappa shape index (κ1) is 33.2. The third-order valence-electron chi connectivity index (χ3n) is 7.70. The highest BCUT2D eigenvalue weighted by atomic mass is 16.6. The van der Waals surface area contributed by atoms with Gasteiger partial charge in [-0.25, -0.2) is 0 Å². The maximum Gasteiger partial charge on any atom is 0.306 e. The van der Waals surface area contributed by atoms with Crippen molar-refractivity contribution in [1.82, 2.24) is 0 Å². The van der Waals surface area contributed by atoms with Crippen molar-refractivity contribution in [3.8, 4) is 11.5 Å². The summed E-state index contributed by atoms with van der Waals surface area (Å²) >= 11 is 0. The third-order valence-corrected chi connectivity index (χ3v) is 7.70. The van der Waals surface area contributed by atoms with Crippen LogP contribution in [0, 0.1) is 0 Å². The number of benzene rings is 3. The van der Waals surface area contributed by atoms with Gasteiger partial charge in [0, 0.05) is 34.4 Å². The summed E-state index contributed by atoms with van der Waals surface area (Å²) in [6.07, 6.45) is 8.34. The molecular weight excluding hydrogens is 528 g/mol. The second kappa shape index (κ2) is 17.6. The smallest absolute Gasteiger partial charge is 0.306 e. The monoisotopic (exact) mass is 578 g/mol. The Morgan fingerprint density at radius 3 is 1.55 bits per heavy atom. The van der Waals surface area contributed by atoms with Crippen LogP contribution in [0.5, 0.6) is 11.5 Å². The van der Waals surface area contributed by atoms with Gasteiger partial charge in [0.2, 0.25) is 0 Å². The molecule has 0 fully saturated rings. The highest BCUT2D eigenvalue weighted by Crippen LogP contribution is 2.43. The van der Waals surface area contributed by atoms with Crippen molar-refractivity contribution in [2.45, 2.75) is 117 Å². The van der Waals surface area contributed by atoms with Crippen molar-refractivity contribution in [2.75, 3.05) is 13.2 Å². The lowest BCUT2D eigenvalue weighted by molar-refractivity contribution is -0.151. The zero-order valence-electron chi connectivity index (χ0n) is 26.3. The minimum atomic E-state index is -0.324. The van der Waals surface area contributed by atoms with Gasteiger partial charge in [-0.1, -0.05) is 96.7 Å². The van der Waals surface area contributed by atoms with Gasteiger partial charge in [-0.2, -0.15) is 0 Å². The molecule has 0 aromatic heterocycles. The number of esters is 2. The van der Waals surface area contributed by atoms with Crippen molar-refractivity contribution in [3.05, 3.63) is 48.0 Å². The first-order valence-corrected chi connectivity index (χ1v) is 16.1. The van der Waals surface area contributed by atoms with Gasteiger partial charge < -0.3 is 18.9 Å². The molecule has 2 unspecified atom stereocenters. The minimum absolute atomic E-state index is 0.165. The van der Waals surface area contributed by atoms with Crippen molar-refractivity contribution in [3.63, 3.8) is 0 Å². The summed E-state index contributed by atoms with van der Waals surface area (Å²) in [7, 11) is 0. The molecule has 230 valence electrons. The van der Waals surface area contributed by atoms with Crippen LogP contribution < -0.4 is 9.47 Å². The SMILES string of the molecule is CCCCCC(=O)OC(CC)COc1c2ccccc2c(OCC(CC)OC(=O)CCCCC)c2cc(CC)ccc12. The fourth-order valence-electron chi connectivity index (χ4n) is 5.03. The van der Waals surface area contributed by atoms with Crippen LogP contribution in [-0.2, 0) is 25.5 Å². The lowest BCUT2D eigenvalue weighted by Crippen LogP contribution is -2.25. The Bertz CT molecular complexity index is 1280. The van der Waals surface area contributed by atoms with Crippen LogP contribution in [0.2, 0.25) is 0 Å². The van der Waals surface area contributed by atoms with Crippen LogP contribution in [0.3, 0.4) is 0 Å². The maximum absolute atomic E-state index is 12.4. The molecule has 6 nitrogen and oxygen atoms in total. The Balaban J connectivity index is 1.89. The molecule has 0 aliphatic rings. The molecule has 0 heterocycles. The van der Waals surface area contributed by atoms with Crippen LogP contribution in [0.15, 0.2) is 42.5 Å². The van der Waals surface area contributed by atoms with Crippen LogP contribution >= 0.6 is 0 Å². The number of carbonyl (C=O) groups is 2. The van der Waals surface area contributed by atoms with E-state index in [1.165, 1.54) is 5.56 Å². The van der Waals surface area contributed by atoms with Gasteiger partial charge in [-0.05, 0) is 43.7 Å². The molecule has 2 atom stereocenters. The Hall–Kier alpha value is -3.28. The van der Waals surface area contributed by atoms with Crippen molar-refractivity contribution < 1.29 is 28.5 Å². The van der Waals surface area contributed by atoms with Crippen LogP contribution in [-0.4, -0.2) is 37.4 Å². The zero-order chi connectivity index (χ0) is 30.3. The fourth-order valence-corrected chi connectivity index (χ4v) is 5.03. The molecule has 0 spiro atoms. The number of fused-ring (bicyclic) bond motifs is 2. The average molecular weight is 579 g/mol. The summed E-state index contributed by atoms with van der Waals surface area (Å²) in [4.78, 5) is 24.8. The number of hydrogen-bond donors (Lipinski definition) is 0. The van der Waals surface area contributed by atoms with Crippen molar-refractivity contribution >= 4 is 33.5 Å².